The molecule has 3 aromatic carbocycles. The van der Waals surface area contributed by atoms with Crippen molar-refractivity contribution in [3.05, 3.63) is 106 Å². The summed E-state index contributed by atoms with van der Waals surface area (Å²) in [6, 6.07) is 23.5. The molecule has 0 aliphatic carbocycles. The fourth-order valence-corrected chi connectivity index (χ4v) is 5.04. The van der Waals surface area contributed by atoms with E-state index in [1.54, 1.807) is 6.07 Å². The molecule has 2 heterocycles. The maximum Gasteiger partial charge on any atom is 0.338 e. The van der Waals surface area contributed by atoms with Crippen molar-refractivity contribution in [3.63, 3.8) is 0 Å². The summed E-state index contributed by atoms with van der Waals surface area (Å²) >= 11 is 0. The third kappa shape index (κ3) is 3.12. The number of rotatable bonds is 4. The van der Waals surface area contributed by atoms with Crippen LogP contribution in [0.4, 0.5) is 0 Å². The number of hydrogen-bond acceptors (Lipinski definition) is 5. The predicted molar refractivity (Wildman–Crippen MR) is 120 cm³/mol. The highest BCUT2D eigenvalue weighted by molar-refractivity contribution is 5.92. The maximum atomic E-state index is 13.7. The van der Waals surface area contributed by atoms with Crippen LogP contribution in [0.25, 0.3) is 0 Å². The van der Waals surface area contributed by atoms with Crippen LogP contribution < -0.4 is 0 Å². The second kappa shape index (κ2) is 7.92. The van der Waals surface area contributed by atoms with Crippen molar-refractivity contribution in [3.8, 4) is 0 Å². The van der Waals surface area contributed by atoms with Gasteiger partial charge < -0.3 is 9.47 Å². The second-order valence-corrected chi connectivity index (χ2v) is 8.45. The molecule has 2 unspecified atom stereocenters. The minimum Gasteiger partial charge on any atom is -0.465 e. The molecule has 2 aliphatic heterocycles. The number of aryl methyl sites for hydroxylation is 1. The first-order valence-corrected chi connectivity index (χ1v) is 10.8. The first-order chi connectivity index (χ1) is 15.5. The second-order valence-electron chi connectivity index (χ2n) is 8.45. The molecule has 0 bridgehead atoms. The molecule has 0 saturated carbocycles. The summed E-state index contributed by atoms with van der Waals surface area (Å²) < 4.78 is 11.1. The van der Waals surface area contributed by atoms with E-state index in [0.29, 0.717) is 18.5 Å². The molecule has 1 fully saturated rings. The lowest BCUT2D eigenvalue weighted by Gasteiger charge is -2.41. The molecule has 162 valence electrons. The number of carbonyl (C=O) groups excluding carboxylic acids is 2. The van der Waals surface area contributed by atoms with Gasteiger partial charge in [0.05, 0.1) is 12.7 Å². The smallest absolute Gasteiger partial charge is 0.338 e. The number of hydrogen-bond donors (Lipinski definition) is 0. The zero-order valence-corrected chi connectivity index (χ0v) is 18.2. The van der Waals surface area contributed by atoms with E-state index in [4.69, 9.17) is 9.47 Å². The Morgan fingerprint density at radius 3 is 2.56 bits per heavy atom. The monoisotopic (exact) mass is 427 g/mol. The number of ether oxygens (including phenoxy) is 2. The SMILES string of the molecule is COC(=O)c1ccccc1CC12C(=O)OC(c3ccc(C)cc3)N1CCc1ccccc12. The molecule has 1 saturated heterocycles. The zero-order valence-electron chi connectivity index (χ0n) is 18.2. The highest BCUT2D eigenvalue weighted by Crippen LogP contribution is 2.50. The predicted octanol–water partition coefficient (Wildman–Crippen LogP) is 4.33. The number of fused-ring (bicyclic) bond motifs is 3. The van der Waals surface area contributed by atoms with Crippen LogP contribution in [-0.4, -0.2) is 30.5 Å². The molecular weight excluding hydrogens is 402 g/mol. The highest BCUT2D eigenvalue weighted by atomic mass is 16.6. The van der Waals surface area contributed by atoms with Crippen molar-refractivity contribution < 1.29 is 19.1 Å². The molecule has 2 aliphatic rings. The van der Waals surface area contributed by atoms with Gasteiger partial charge >= 0.3 is 11.9 Å². The van der Waals surface area contributed by atoms with Crippen molar-refractivity contribution in [1.82, 2.24) is 4.90 Å². The zero-order chi connectivity index (χ0) is 22.3. The van der Waals surface area contributed by atoms with Crippen LogP contribution in [0.2, 0.25) is 0 Å². The largest absolute Gasteiger partial charge is 0.465 e. The Bertz CT molecular complexity index is 1190. The summed E-state index contributed by atoms with van der Waals surface area (Å²) in [6.07, 6.45) is 0.688. The summed E-state index contributed by atoms with van der Waals surface area (Å²) in [6.45, 7) is 2.72. The molecule has 0 amide bonds. The number of esters is 2. The van der Waals surface area contributed by atoms with Crippen LogP contribution in [0, 0.1) is 6.92 Å². The van der Waals surface area contributed by atoms with Gasteiger partial charge in [-0.3, -0.25) is 0 Å². The molecule has 5 rings (SSSR count). The number of methoxy groups -OCH3 is 1. The standard InChI is InChI=1S/C27H25NO4/c1-18-11-13-20(14-12-18)24-28-16-15-19-7-4-6-10-23(19)27(28,26(30)32-24)17-21-8-3-5-9-22(21)25(29)31-2/h3-14,24H,15-17H2,1-2H3. The molecule has 3 aromatic rings. The Hall–Kier alpha value is -3.44. The Kier molecular flexibility index (Phi) is 5.06. The summed E-state index contributed by atoms with van der Waals surface area (Å²) in [7, 11) is 1.37. The fourth-order valence-electron chi connectivity index (χ4n) is 5.04. The van der Waals surface area contributed by atoms with Crippen LogP contribution in [0.5, 0.6) is 0 Å². The Balaban J connectivity index is 1.66. The van der Waals surface area contributed by atoms with Crippen LogP contribution in [-0.2, 0) is 32.6 Å². The molecule has 0 aromatic heterocycles. The van der Waals surface area contributed by atoms with Crippen LogP contribution in [0.3, 0.4) is 0 Å². The number of carbonyl (C=O) groups is 2. The van der Waals surface area contributed by atoms with Gasteiger partial charge in [-0.2, -0.15) is 0 Å². The third-order valence-corrected chi connectivity index (χ3v) is 6.65. The average Bonchev–Trinajstić information content (AvgIpc) is 3.12. The molecule has 2 atom stereocenters. The molecule has 0 N–H and O–H groups in total. The van der Waals surface area contributed by atoms with Crippen LogP contribution >= 0.6 is 0 Å². The number of cyclic esters (lactones) is 1. The number of nitrogens with zero attached hydrogens (tertiary/aromatic N) is 1. The average molecular weight is 428 g/mol. The van der Waals surface area contributed by atoms with Gasteiger partial charge in [-0.05, 0) is 36.1 Å². The van der Waals surface area contributed by atoms with Gasteiger partial charge in [0.1, 0.15) is 0 Å². The molecule has 32 heavy (non-hydrogen) atoms. The Morgan fingerprint density at radius 2 is 1.78 bits per heavy atom. The quantitative estimate of drug-likeness (QED) is 0.580. The van der Waals surface area contributed by atoms with E-state index in [1.165, 1.54) is 7.11 Å². The van der Waals surface area contributed by atoms with Gasteiger partial charge in [-0.15, -0.1) is 0 Å². The van der Waals surface area contributed by atoms with E-state index < -0.39 is 17.7 Å². The first kappa shape index (κ1) is 20.5. The van der Waals surface area contributed by atoms with E-state index in [1.807, 2.05) is 67.6 Å². The molecular formula is C27H25NO4. The maximum absolute atomic E-state index is 13.7. The minimum atomic E-state index is -1.01. The van der Waals surface area contributed by atoms with Gasteiger partial charge in [0.15, 0.2) is 11.8 Å². The lowest BCUT2D eigenvalue weighted by molar-refractivity contribution is -0.146. The first-order valence-electron chi connectivity index (χ1n) is 10.8. The summed E-state index contributed by atoms with van der Waals surface area (Å²) in [5, 5.41) is 0. The van der Waals surface area contributed by atoms with Crippen molar-refractivity contribution >= 4 is 11.9 Å². The third-order valence-electron chi connectivity index (χ3n) is 6.65. The summed E-state index contributed by atoms with van der Waals surface area (Å²) in [5.74, 6) is -0.691. The molecule has 0 spiro atoms. The van der Waals surface area contributed by atoms with Crippen LogP contribution in [0.15, 0.2) is 72.8 Å². The van der Waals surface area contributed by atoms with E-state index in [0.717, 1.165) is 34.2 Å². The van der Waals surface area contributed by atoms with Crippen molar-refractivity contribution in [2.45, 2.75) is 31.5 Å². The van der Waals surface area contributed by atoms with Gasteiger partial charge in [-0.25, -0.2) is 14.5 Å². The van der Waals surface area contributed by atoms with Crippen LogP contribution in [0.1, 0.15) is 44.4 Å². The summed E-state index contributed by atoms with van der Waals surface area (Å²) in [5.41, 5.74) is 4.42. The number of benzene rings is 3. The van der Waals surface area contributed by atoms with Gasteiger partial charge in [-0.1, -0.05) is 72.3 Å². The van der Waals surface area contributed by atoms with E-state index >= 15 is 0 Å². The van der Waals surface area contributed by atoms with Gasteiger partial charge in [0.2, 0.25) is 0 Å². The van der Waals surface area contributed by atoms with Gasteiger partial charge in [0.25, 0.3) is 0 Å². The van der Waals surface area contributed by atoms with E-state index in [9.17, 15) is 9.59 Å². The Labute approximate surface area is 187 Å². The van der Waals surface area contributed by atoms with E-state index in [2.05, 4.69) is 11.0 Å². The Morgan fingerprint density at radius 1 is 1.06 bits per heavy atom. The molecule has 5 nitrogen and oxygen atoms in total. The lowest BCUT2D eigenvalue weighted by Crippen LogP contribution is -2.52. The van der Waals surface area contributed by atoms with Crippen molar-refractivity contribution in [2.24, 2.45) is 0 Å². The normalized spacial score (nSPS) is 22.1. The van der Waals surface area contributed by atoms with E-state index in [-0.39, 0.29) is 5.97 Å². The topological polar surface area (TPSA) is 55.8 Å². The minimum absolute atomic E-state index is 0.283. The highest BCUT2D eigenvalue weighted by Gasteiger charge is 2.59. The fraction of sp³-hybridized carbons (Fsp3) is 0.259. The van der Waals surface area contributed by atoms with Gasteiger partial charge in [0, 0.05) is 18.5 Å². The molecule has 0 radical (unpaired) electrons. The lowest BCUT2D eigenvalue weighted by atomic mass is 9.76. The van der Waals surface area contributed by atoms with Crippen molar-refractivity contribution in [1.29, 1.82) is 0 Å². The van der Waals surface area contributed by atoms with Crippen molar-refractivity contribution in [2.75, 3.05) is 13.7 Å². The molecule has 5 heteroatoms. The summed E-state index contributed by atoms with van der Waals surface area (Å²) in [4.78, 5) is 28.3.